The van der Waals surface area contributed by atoms with Crippen molar-refractivity contribution in [1.82, 2.24) is 0 Å². The van der Waals surface area contributed by atoms with E-state index in [9.17, 15) is 13.5 Å². The first-order valence-corrected chi connectivity index (χ1v) is 6.64. The molecule has 2 aromatic rings. The first-order chi connectivity index (χ1) is 8.49. The van der Waals surface area contributed by atoms with Gasteiger partial charge in [0.15, 0.2) is 0 Å². The number of nitrogens with one attached hydrogen (secondary N) is 1. The van der Waals surface area contributed by atoms with Crippen LogP contribution >= 0.6 is 0 Å². The molecular formula is C12H12N2O3S. The Hall–Kier alpha value is -2.21. The van der Waals surface area contributed by atoms with Gasteiger partial charge in [-0.15, -0.1) is 0 Å². The highest BCUT2D eigenvalue weighted by atomic mass is 32.2. The Labute approximate surface area is 105 Å². The molecule has 0 spiro atoms. The van der Waals surface area contributed by atoms with Crippen LogP contribution in [0.5, 0.6) is 5.75 Å². The fourth-order valence-electron chi connectivity index (χ4n) is 1.44. The van der Waals surface area contributed by atoms with Crippen molar-refractivity contribution in [1.29, 1.82) is 0 Å². The van der Waals surface area contributed by atoms with Crippen LogP contribution in [0.3, 0.4) is 0 Å². The summed E-state index contributed by atoms with van der Waals surface area (Å²) >= 11 is 0. The Morgan fingerprint density at radius 3 is 2.39 bits per heavy atom. The molecule has 0 unspecified atom stereocenters. The summed E-state index contributed by atoms with van der Waals surface area (Å²) in [4.78, 5) is 0.117. The highest BCUT2D eigenvalue weighted by Gasteiger charge is 2.15. The van der Waals surface area contributed by atoms with Gasteiger partial charge in [0, 0.05) is 5.69 Å². The molecule has 2 rings (SSSR count). The van der Waals surface area contributed by atoms with Crippen molar-refractivity contribution in [3.63, 3.8) is 0 Å². The van der Waals surface area contributed by atoms with Crippen LogP contribution in [0.4, 0.5) is 11.4 Å². The fraction of sp³-hybridized carbons (Fsp3) is 0. The highest BCUT2D eigenvalue weighted by Crippen LogP contribution is 2.27. The molecule has 0 radical (unpaired) electrons. The quantitative estimate of drug-likeness (QED) is 0.447. The second-order valence-corrected chi connectivity index (χ2v) is 5.38. The molecule has 6 heteroatoms. The standard InChI is InChI=1S/C12H12N2O3S/c13-9-6-7-12(15)11(8-9)14-18(16,17)10-4-2-1-3-5-10/h1-8,14-15H,13H2. The Kier molecular flexibility index (Phi) is 3.12. The molecule has 94 valence electrons. The summed E-state index contributed by atoms with van der Waals surface area (Å²) in [7, 11) is -3.72. The molecule has 0 fully saturated rings. The number of nitrogen functional groups attached to an aromatic ring is 1. The van der Waals surface area contributed by atoms with Crippen LogP contribution in [0.1, 0.15) is 0 Å². The lowest BCUT2D eigenvalue weighted by Gasteiger charge is -2.10. The predicted octanol–water partition coefficient (Wildman–Crippen LogP) is 1.78. The third kappa shape index (κ3) is 2.54. The minimum Gasteiger partial charge on any atom is -0.506 e. The summed E-state index contributed by atoms with van der Waals surface area (Å²) in [5, 5.41) is 9.56. The zero-order valence-electron chi connectivity index (χ0n) is 9.37. The number of sulfonamides is 1. The van der Waals surface area contributed by atoms with Crippen molar-refractivity contribution in [2.24, 2.45) is 0 Å². The van der Waals surface area contributed by atoms with Crippen molar-refractivity contribution >= 4 is 21.4 Å². The number of phenolic OH excluding ortho intramolecular Hbond substituents is 1. The van der Waals surface area contributed by atoms with E-state index in [4.69, 9.17) is 5.73 Å². The van der Waals surface area contributed by atoms with Gasteiger partial charge in [-0.2, -0.15) is 0 Å². The summed E-state index contributed by atoms with van der Waals surface area (Å²) in [6.45, 7) is 0. The van der Waals surface area contributed by atoms with E-state index in [1.54, 1.807) is 18.2 Å². The van der Waals surface area contributed by atoms with Crippen LogP contribution in [-0.4, -0.2) is 13.5 Å². The molecule has 4 N–H and O–H groups in total. The van der Waals surface area contributed by atoms with E-state index in [0.29, 0.717) is 5.69 Å². The average molecular weight is 264 g/mol. The number of phenols is 1. The van der Waals surface area contributed by atoms with Gasteiger partial charge in [0.25, 0.3) is 10.0 Å². The Balaban J connectivity index is 2.37. The lowest BCUT2D eigenvalue weighted by molar-refractivity contribution is 0.477. The van der Waals surface area contributed by atoms with Crippen LogP contribution in [0.15, 0.2) is 53.4 Å². The molecule has 18 heavy (non-hydrogen) atoms. The molecule has 0 aliphatic carbocycles. The largest absolute Gasteiger partial charge is 0.506 e. The van der Waals surface area contributed by atoms with E-state index >= 15 is 0 Å². The van der Waals surface area contributed by atoms with Crippen LogP contribution in [-0.2, 0) is 10.0 Å². The van der Waals surface area contributed by atoms with Crippen molar-refractivity contribution in [2.75, 3.05) is 10.5 Å². The average Bonchev–Trinajstić information content (AvgIpc) is 2.35. The Bertz CT molecular complexity index is 654. The fourth-order valence-corrected chi connectivity index (χ4v) is 2.53. The maximum absolute atomic E-state index is 12.0. The SMILES string of the molecule is Nc1ccc(O)c(NS(=O)(=O)c2ccccc2)c1. The number of anilines is 2. The zero-order valence-corrected chi connectivity index (χ0v) is 10.2. The summed E-state index contributed by atoms with van der Waals surface area (Å²) in [6, 6.07) is 12.1. The summed E-state index contributed by atoms with van der Waals surface area (Å²) in [5.74, 6) is -0.177. The van der Waals surface area contributed by atoms with E-state index in [0.717, 1.165) is 0 Å². The van der Waals surface area contributed by atoms with E-state index in [1.165, 1.54) is 30.3 Å². The second-order valence-electron chi connectivity index (χ2n) is 3.70. The summed E-state index contributed by atoms with van der Waals surface area (Å²) < 4.78 is 26.3. The molecule has 0 heterocycles. The number of benzene rings is 2. The lowest BCUT2D eigenvalue weighted by Crippen LogP contribution is -2.13. The maximum atomic E-state index is 12.0. The van der Waals surface area contributed by atoms with Gasteiger partial charge < -0.3 is 10.8 Å². The molecule has 5 nitrogen and oxygen atoms in total. The minimum atomic E-state index is -3.72. The van der Waals surface area contributed by atoms with Gasteiger partial charge in [-0.25, -0.2) is 8.42 Å². The van der Waals surface area contributed by atoms with Crippen LogP contribution in [0, 0.1) is 0 Å². The minimum absolute atomic E-state index is 0.0545. The first kappa shape index (κ1) is 12.3. The van der Waals surface area contributed by atoms with Gasteiger partial charge >= 0.3 is 0 Å². The number of nitrogens with two attached hydrogens (primary N) is 1. The van der Waals surface area contributed by atoms with E-state index in [2.05, 4.69) is 4.72 Å². The zero-order chi connectivity index (χ0) is 13.2. The van der Waals surface area contributed by atoms with Gasteiger partial charge in [0.05, 0.1) is 10.6 Å². The van der Waals surface area contributed by atoms with Crippen LogP contribution < -0.4 is 10.5 Å². The second kappa shape index (κ2) is 4.58. The van der Waals surface area contributed by atoms with E-state index < -0.39 is 10.0 Å². The molecule has 0 bridgehead atoms. The molecule has 0 amide bonds. The van der Waals surface area contributed by atoms with Crippen LogP contribution in [0.2, 0.25) is 0 Å². The van der Waals surface area contributed by atoms with Crippen molar-refractivity contribution in [3.05, 3.63) is 48.5 Å². The lowest BCUT2D eigenvalue weighted by atomic mass is 10.3. The van der Waals surface area contributed by atoms with E-state index in [-0.39, 0.29) is 16.3 Å². The molecule has 0 aromatic heterocycles. The molecule has 0 atom stereocenters. The van der Waals surface area contributed by atoms with Gasteiger partial charge in [-0.3, -0.25) is 4.72 Å². The monoisotopic (exact) mass is 264 g/mol. The number of hydrogen-bond acceptors (Lipinski definition) is 4. The van der Waals surface area contributed by atoms with Gasteiger partial charge in [-0.1, -0.05) is 18.2 Å². The number of hydrogen-bond donors (Lipinski definition) is 3. The Morgan fingerprint density at radius 1 is 1.06 bits per heavy atom. The molecule has 0 saturated carbocycles. The van der Waals surface area contributed by atoms with Crippen molar-refractivity contribution in [3.8, 4) is 5.75 Å². The third-order valence-electron chi connectivity index (χ3n) is 2.32. The summed E-state index contributed by atoms with van der Waals surface area (Å²) in [6.07, 6.45) is 0. The third-order valence-corrected chi connectivity index (χ3v) is 3.70. The highest BCUT2D eigenvalue weighted by molar-refractivity contribution is 7.92. The van der Waals surface area contributed by atoms with E-state index in [1.807, 2.05) is 0 Å². The normalized spacial score (nSPS) is 11.1. The first-order valence-electron chi connectivity index (χ1n) is 5.15. The van der Waals surface area contributed by atoms with Gasteiger partial charge in [0.1, 0.15) is 5.75 Å². The van der Waals surface area contributed by atoms with Crippen molar-refractivity contribution in [2.45, 2.75) is 4.90 Å². The van der Waals surface area contributed by atoms with Crippen LogP contribution in [0.25, 0.3) is 0 Å². The van der Waals surface area contributed by atoms with Gasteiger partial charge in [-0.05, 0) is 30.3 Å². The smallest absolute Gasteiger partial charge is 0.262 e. The predicted molar refractivity (Wildman–Crippen MR) is 69.8 cm³/mol. The molecule has 2 aromatic carbocycles. The molecule has 0 aliphatic rings. The molecular weight excluding hydrogens is 252 g/mol. The number of aromatic hydroxyl groups is 1. The topological polar surface area (TPSA) is 92.4 Å². The summed E-state index contributed by atoms with van der Waals surface area (Å²) in [5.41, 5.74) is 5.95. The Morgan fingerprint density at radius 2 is 1.72 bits per heavy atom. The number of rotatable bonds is 3. The maximum Gasteiger partial charge on any atom is 0.262 e. The molecule has 0 aliphatic heterocycles. The van der Waals surface area contributed by atoms with Crippen molar-refractivity contribution < 1.29 is 13.5 Å². The molecule has 0 saturated heterocycles. The van der Waals surface area contributed by atoms with Gasteiger partial charge in [0.2, 0.25) is 0 Å².